The van der Waals surface area contributed by atoms with E-state index in [9.17, 15) is 4.39 Å². The SMILES string of the molecule is CONC1CCOc2c(F)ccc(Br)c21. The minimum atomic E-state index is -0.337. The zero-order valence-electron chi connectivity index (χ0n) is 8.22. The van der Waals surface area contributed by atoms with Crippen LogP contribution in [-0.2, 0) is 4.84 Å². The molecule has 1 atom stereocenters. The van der Waals surface area contributed by atoms with Crippen LogP contribution >= 0.6 is 15.9 Å². The zero-order valence-corrected chi connectivity index (χ0v) is 9.80. The van der Waals surface area contributed by atoms with Gasteiger partial charge < -0.3 is 9.57 Å². The molecule has 0 radical (unpaired) electrons. The molecule has 5 heteroatoms. The first kappa shape index (κ1) is 10.9. The van der Waals surface area contributed by atoms with Crippen LogP contribution in [0, 0.1) is 5.82 Å². The number of halogens is 2. The van der Waals surface area contributed by atoms with Gasteiger partial charge in [0.1, 0.15) is 0 Å². The summed E-state index contributed by atoms with van der Waals surface area (Å²) in [5.41, 5.74) is 3.61. The van der Waals surface area contributed by atoms with Crippen molar-refractivity contribution in [2.24, 2.45) is 0 Å². The van der Waals surface area contributed by atoms with Crippen LogP contribution in [0.3, 0.4) is 0 Å². The van der Waals surface area contributed by atoms with Gasteiger partial charge in [0.2, 0.25) is 0 Å². The van der Waals surface area contributed by atoms with E-state index in [1.165, 1.54) is 6.07 Å². The normalized spacial score (nSPS) is 19.5. The van der Waals surface area contributed by atoms with Crippen LogP contribution in [0.25, 0.3) is 0 Å². The monoisotopic (exact) mass is 275 g/mol. The van der Waals surface area contributed by atoms with Gasteiger partial charge in [0.15, 0.2) is 11.6 Å². The average Bonchev–Trinajstić information content (AvgIpc) is 2.24. The molecule has 1 unspecified atom stereocenters. The summed E-state index contributed by atoms with van der Waals surface area (Å²) in [6, 6.07) is 3.02. The fourth-order valence-electron chi connectivity index (χ4n) is 1.70. The number of fused-ring (bicyclic) bond motifs is 1. The van der Waals surface area contributed by atoms with Crippen molar-refractivity contribution in [2.75, 3.05) is 13.7 Å². The van der Waals surface area contributed by atoms with E-state index in [-0.39, 0.29) is 11.9 Å². The Labute approximate surface area is 95.6 Å². The van der Waals surface area contributed by atoms with E-state index >= 15 is 0 Å². The number of ether oxygens (including phenoxy) is 1. The van der Waals surface area contributed by atoms with Crippen LogP contribution in [0.4, 0.5) is 4.39 Å². The van der Waals surface area contributed by atoms with Gasteiger partial charge in [-0.15, -0.1) is 0 Å². The molecule has 0 saturated carbocycles. The number of nitrogens with one attached hydrogen (secondary N) is 1. The number of hydrogen-bond donors (Lipinski definition) is 1. The van der Waals surface area contributed by atoms with Gasteiger partial charge in [0, 0.05) is 16.5 Å². The van der Waals surface area contributed by atoms with E-state index in [2.05, 4.69) is 21.4 Å². The molecule has 1 N–H and O–H groups in total. The molecule has 0 aliphatic carbocycles. The van der Waals surface area contributed by atoms with Crippen LogP contribution in [0.5, 0.6) is 5.75 Å². The Morgan fingerprint density at radius 1 is 1.60 bits per heavy atom. The molecule has 1 aromatic rings. The minimum Gasteiger partial charge on any atom is -0.490 e. The van der Waals surface area contributed by atoms with Crippen molar-refractivity contribution in [3.8, 4) is 5.75 Å². The van der Waals surface area contributed by atoms with Crippen LogP contribution in [-0.4, -0.2) is 13.7 Å². The molecule has 1 aliphatic rings. The summed E-state index contributed by atoms with van der Waals surface area (Å²) in [5.74, 6) is -0.0269. The molecule has 1 heterocycles. The highest BCUT2D eigenvalue weighted by atomic mass is 79.9. The van der Waals surface area contributed by atoms with E-state index in [0.717, 1.165) is 16.5 Å². The van der Waals surface area contributed by atoms with Gasteiger partial charge in [-0.05, 0) is 12.1 Å². The minimum absolute atomic E-state index is 0.0381. The summed E-state index contributed by atoms with van der Waals surface area (Å²) in [6.07, 6.45) is 0.753. The summed E-state index contributed by atoms with van der Waals surface area (Å²) in [6.45, 7) is 0.488. The van der Waals surface area contributed by atoms with Gasteiger partial charge in [-0.1, -0.05) is 15.9 Å². The fraction of sp³-hybridized carbons (Fsp3) is 0.400. The van der Waals surface area contributed by atoms with Gasteiger partial charge in [-0.2, -0.15) is 5.48 Å². The second-order valence-corrected chi connectivity index (χ2v) is 4.14. The number of hydrogen-bond acceptors (Lipinski definition) is 3. The van der Waals surface area contributed by atoms with Crippen LogP contribution in [0.1, 0.15) is 18.0 Å². The van der Waals surface area contributed by atoms with Gasteiger partial charge in [-0.3, -0.25) is 0 Å². The molecule has 1 aromatic carbocycles. The molecule has 0 amide bonds. The molecular formula is C10H11BrFNO2. The zero-order chi connectivity index (χ0) is 10.8. The first-order chi connectivity index (χ1) is 7.24. The summed E-state index contributed by atoms with van der Waals surface area (Å²) in [7, 11) is 1.54. The molecule has 0 bridgehead atoms. The molecule has 2 rings (SSSR count). The van der Waals surface area contributed by atoms with Crippen molar-refractivity contribution in [1.82, 2.24) is 5.48 Å². The fourth-order valence-corrected chi connectivity index (χ4v) is 2.29. The lowest BCUT2D eigenvalue weighted by Gasteiger charge is -2.27. The molecule has 0 fully saturated rings. The van der Waals surface area contributed by atoms with Crippen LogP contribution in [0.2, 0.25) is 0 Å². The van der Waals surface area contributed by atoms with E-state index in [0.29, 0.717) is 12.4 Å². The highest BCUT2D eigenvalue weighted by Crippen LogP contribution is 2.39. The number of benzene rings is 1. The Balaban J connectivity index is 2.45. The Morgan fingerprint density at radius 2 is 2.40 bits per heavy atom. The molecule has 82 valence electrons. The molecule has 0 aromatic heterocycles. The summed E-state index contributed by atoms with van der Waals surface area (Å²) >= 11 is 3.38. The van der Waals surface area contributed by atoms with Gasteiger partial charge in [0.25, 0.3) is 0 Å². The van der Waals surface area contributed by atoms with Crippen molar-refractivity contribution in [3.05, 3.63) is 28.0 Å². The Hall–Kier alpha value is -0.650. The quantitative estimate of drug-likeness (QED) is 0.842. The molecule has 1 aliphatic heterocycles. The van der Waals surface area contributed by atoms with Gasteiger partial charge >= 0.3 is 0 Å². The van der Waals surface area contributed by atoms with E-state index in [1.807, 2.05) is 0 Å². The highest BCUT2D eigenvalue weighted by molar-refractivity contribution is 9.10. The summed E-state index contributed by atoms with van der Waals surface area (Å²) in [4.78, 5) is 4.88. The van der Waals surface area contributed by atoms with E-state index in [1.54, 1.807) is 13.2 Å². The maximum absolute atomic E-state index is 13.5. The largest absolute Gasteiger partial charge is 0.490 e. The highest BCUT2D eigenvalue weighted by Gasteiger charge is 2.26. The predicted molar refractivity (Wildman–Crippen MR) is 57.1 cm³/mol. The second-order valence-electron chi connectivity index (χ2n) is 3.28. The lowest BCUT2D eigenvalue weighted by Crippen LogP contribution is -2.27. The lowest BCUT2D eigenvalue weighted by molar-refractivity contribution is 0.0453. The molecule has 0 saturated heterocycles. The van der Waals surface area contributed by atoms with Crippen molar-refractivity contribution >= 4 is 15.9 Å². The molecule has 0 spiro atoms. The maximum Gasteiger partial charge on any atom is 0.165 e. The summed E-state index contributed by atoms with van der Waals surface area (Å²) < 4.78 is 19.6. The molecule has 3 nitrogen and oxygen atoms in total. The molecular weight excluding hydrogens is 265 g/mol. The number of hydroxylamine groups is 1. The van der Waals surface area contributed by atoms with Crippen molar-refractivity contribution in [2.45, 2.75) is 12.5 Å². The summed E-state index contributed by atoms with van der Waals surface area (Å²) in [5, 5.41) is 0. The van der Waals surface area contributed by atoms with Crippen LogP contribution in [0.15, 0.2) is 16.6 Å². The first-order valence-corrected chi connectivity index (χ1v) is 5.42. The maximum atomic E-state index is 13.5. The third-order valence-electron chi connectivity index (χ3n) is 2.36. The van der Waals surface area contributed by atoms with Crippen molar-refractivity contribution < 1.29 is 14.0 Å². The Morgan fingerprint density at radius 3 is 3.13 bits per heavy atom. The first-order valence-electron chi connectivity index (χ1n) is 4.63. The van der Waals surface area contributed by atoms with Crippen LogP contribution < -0.4 is 10.2 Å². The smallest absolute Gasteiger partial charge is 0.165 e. The van der Waals surface area contributed by atoms with Gasteiger partial charge in [-0.25, -0.2) is 4.39 Å². The van der Waals surface area contributed by atoms with Crippen molar-refractivity contribution in [3.63, 3.8) is 0 Å². The Bertz CT molecular complexity index is 373. The van der Waals surface area contributed by atoms with E-state index in [4.69, 9.17) is 9.57 Å². The predicted octanol–water partition coefficient (Wildman–Crippen LogP) is 2.56. The second kappa shape index (κ2) is 4.47. The van der Waals surface area contributed by atoms with Gasteiger partial charge in [0.05, 0.1) is 19.8 Å². The third kappa shape index (κ3) is 2.00. The standard InChI is InChI=1S/C10H11BrFNO2/c1-14-13-8-4-5-15-10-7(12)3-2-6(11)9(8)10/h2-3,8,13H,4-5H2,1H3. The number of rotatable bonds is 2. The third-order valence-corrected chi connectivity index (χ3v) is 3.05. The van der Waals surface area contributed by atoms with E-state index < -0.39 is 0 Å². The Kier molecular flexibility index (Phi) is 3.23. The van der Waals surface area contributed by atoms with Crippen molar-refractivity contribution in [1.29, 1.82) is 0 Å². The molecule has 15 heavy (non-hydrogen) atoms. The average molecular weight is 276 g/mol. The lowest BCUT2D eigenvalue weighted by atomic mass is 10.0. The topological polar surface area (TPSA) is 30.5 Å².